The third-order valence-electron chi connectivity index (χ3n) is 5.73. The Bertz CT molecular complexity index is 470. The first-order valence-electron chi connectivity index (χ1n) is 8.16. The Labute approximate surface area is 123 Å². The zero-order valence-electron chi connectivity index (χ0n) is 13.0. The van der Waals surface area contributed by atoms with E-state index in [1.807, 2.05) is 0 Å². The molecule has 1 aliphatic carbocycles. The SMILES string of the molecule is CC1CC(N2CCC(C)C(C)C2)C(N)c2ccccc21. The number of likely N-dealkylation sites (tertiary alicyclic amines) is 1. The van der Waals surface area contributed by atoms with Gasteiger partial charge < -0.3 is 5.73 Å². The van der Waals surface area contributed by atoms with Gasteiger partial charge >= 0.3 is 0 Å². The molecule has 2 N–H and O–H groups in total. The van der Waals surface area contributed by atoms with Crippen molar-refractivity contribution in [2.75, 3.05) is 13.1 Å². The lowest BCUT2D eigenvalue weighted by Gasteiger charge is -2.46. The van der Waals surface area contributed by atoms with Crippen molar-refractivity contribution < 1.29 is 0 Å². The van der Waals surface area contributed by atoms with Gasteiger partial charge in [-0.2, -0.15) is 0 Å². The molecule has 2 heteroatoms. The van der Waals surface area contributed by atoms with Gasteiger partial charge in [-0.15, -0.1) is 0 Å². The Kier molecular flexibility index (Phi) is 3.87. The van der Waals surface area contributed by atoms with Crippen LogP contribution in [0.3, 0.4) is 0 Å². The number of nitrogens with zero attached hydrogens (tertiary/aromatic N) is 1. The zero-order valence-corrected chi connectivity index (χ0v) is 13.0. The lowest BCUT2D eigenvalue weighted by Crippen LogP contribution is -2.51. The van der Waals surface area contributed by atoms with E-state index >= 15 is 0 Å². The molecule has 0 saturated carbocycles. The van der Waals surface area contributed by atoms with E-state index in [-0.39, 0.29) is 6.04 Å². The molecule has 0 amide bonds. The number of rotatable bonds is 1. The minimum absolute atomic E-state index is 0.183. The van der Waals surface area contributed by atoms with E-state index in [2.05, 4.69) is 49.9 Å². The smallest absolute Gasteiger partial charge is 0.0456 e. The number of hydrogen-bond donors (Lipinski definition) is 1. The Morgan fingerprint density at radius 3 is 2.45 bits per heavy atom. The summed E-state index contributed by atoms with van der Waals surface area (Å²) in [6.45, 7) is 9.57. The maximum Gasteiger partial charge on any atom is 0.0456 e. The van der Waals surface area contributed by atoms with Crippen LogP contribution in [0.4, 0.5) is 0 Å². The molecule has 1 heterocycles. The van der Waals surface area contributed by atoms with Crippen LogP contribution in [0.5, 0.6) is 0 Å². The van der Waals surface area contributed by atoms with Gasteiger partial charge in [0.2, 0.25) is 0 Å². The largest absolute Gasteiger partial charge is 0.323 e. The van der Waals surface area contributed by atoms with E-state index in [4.69, 9.17) is 5.73 Å². The summed E-state index contributed by atoms with van der Waals surface area (Å²) in [7, 11) is 0. The first-order valence-corrected chi connectivity index (χ1v) is 8.16. The molecule has 2 nitrogen and oxygen atoms in total. The van der Waals surface area contributed by atoms with Crippen molar-refractivity contribution in [3.05, 3.63) is 35.4 Å². The average molecular weight is 272 g/mol. The molecule has 20 heavy (non-hydrogen) atoms. The van der Waals surface area contributed by atoms with Crippen LogP contribution < -0.4 is 5.73 Å². The minimum Gasteiger partial charge on any atom is -0.323 e. The van der Waals surface area contributed by atoms with Crippen molar-refractivity contribution in [1.29, 1.82) is 0 Å². The van der Waals surface area contributed by atoms with E-state index in [0.29, 0.717) is 12.0 Å². The van der Waals surface area contributed by atoms with Gasteiger partial charge in [0.25, 0.3) is 0 Å². The molecule has 2 aliphatic rings. The summed E-state index contributed by atoms with van der Waals surface area (Å²) >= 11 is 0. The first-order chi connectivity index (χ1) is 9.58. The minimum atomic E-state index is 0.183. The van der Waals surface area contributed by atoms with Crippen molar-refractivity contribution in [1.82, 2.24) is 4.90 Å². The molecule has 1 aromatic rings. The van der Waals surface area contributed by atoms with Crippen LogP contribution in [-0.2, 0) is 0 Å². The topological polar surface area (TPSA) is 29.3 Å². The number of fused-ring (bicyclic) bond motifs is 1. The molecular weight excluding hydrogens is 244 g/mol. The van der Waals surface area contributed by atoms with Gasteiger partial charge in [-0.05, 0) is 48.3 Å². The molecule has 0 aromatic heterocycles. The standard InChI is InChI=1S/C18H28N2/c1-12-8-9-20(11-14(12)3)17-10-13(2)15-6-4-5-7-16(15)18(17)19/h4-7,12-14,17-18H,8-11,19H2,1-3H3. The third kappa shape index (κ3) is 2.40. The second kappa shape index (κ2) is 5.50. The zero-order chi connectivity index (χ0) is 14.3. The van der Waals surface area contributed by atoms with Gasteiger partial charge in [0.05, 0.1) is 0 Å². The lowest BCUT2D eigenvalue weighted by molar-refractivity contribution is 0.0710. The predicted octanol–water partition coefficient (Wildman–Crippen LogP) is 3.54. The molecule has 0 radical (unpaired) electrons. The van der Waals surface area contributed by atoms with Gasteiger partial charge in [-0.3, -0.25) is 4.90 Å². The summed E-state index contributed by atoms with van der Waals surface area (Å²) < 4.78 is 0. The monoisotopic (exact) mass is 272 g/mol. The summed E-state index contributed by atoms with van der Waals surface area (Å²) in [6.07, 6.45) is 2.53. The molecule has 5 atom stereocenters. The second-order valence-electron chi connectivity index (χ2n) is 7.10. The van der Waals surface area contributed by atoms with Crippen LogP contribution in [0.15, 0.2) is 24.3 Å². The summed E-state index contributed by atoms with van der Waals surface area (Å²) in [5, 5.41) is 0. The Hall–Kier alpha value is -0.860. The van der Waals surface area contributed by atoms with Gasteiger partial charge in [0.1, 0.15) is 0 Å². The first kappa shape index (κ1) is 14.1. The molecule has 110 valence electrons. The summed E-state index contributed by atoms with van der Waals surface area (Å²) in [5.41, 5.74) is 9.47. The Morgan fingerprint density at radius 2 is 1.75 bits per heavy atom. The van der Waals surface area contributed by atoms with Crippen molar-refractivity contribution in [3.8, 4) is 0 Å². The Balaban J connectivity index is 1.82. The number of nitrogens with two attached hydrogens (primary N) is 1. The second-order valence-corrected chi connectivity index (χ2v) is 7.10. The van der Waals surface area contributed by atoms with Crippen molar-refractivity contribution >= 4 is 0 Å². The van der Waals surface area contributed by atoms with Crippen LogP contribution in [-0.4, -0.2) is 24.0 Å². The fourth-order valence-electron chi connectivity index (χ4n) is 4.08. The van der Waals surface area contributed by atoms with Crippen LogP contribution in [0.1, 0.15) is 56.7 Å². The van der Waals surface area contributed by atoms with Crippen LogP contribution in [0, 0.1) is 11.8 Å². The van der Waals surface area contributed by atoms with Gasteiger partial charge in [-0.1, -0.05) is 45.0 Å². The molecule has 1 fully saturated rings. The average Bonchev–Trinajstić information content (AvgIpc) is 2.46. The number of hydrogen-bond acceptors (Lipinski definition) is 2. The maximum atomic E-state index is 6.62. The van der Waals surface area contributed by atoms with E-state index < -0.39 is 0 Å². The van der Waals surface area contributed by atoms with Crippen molar-refractivity contribution in [2.24, 2.45) is 17.6 Å². The number of benzene rings is 1. The highest BCUT2D eigenvalue weighted by molar-refractivity contribution is 5.36. The van der Waals surface area contributed by atoms with E-state index in [9.17, 15) is 0 Å². The highest BCUT2D eigenvalue weighted by Crippen LogP contribution is 2.39. The van der Waals surface area contributed by atoms with Crippen LogP contribution in [0.2, 0.25) is 0 Å². The Morgan fingerprint density at radius 1 is 1.05 bits per heavy atom. The molecule has 5 unspecified atom stereocenters. The molecule has 1 saturated heterocycles. The summed E-state index contributed by atoms with van der Waals surface area (Å²) in [5.74, 6) is 2.28. The highest BCUT2D eigenvalue weighted by Gasteiger charge is 2.36. The normalized spacial score (nSPS) is 38.5. The fourth-order valence-corrected chi connectivity index (χ4v) is 4.08. The van der Waals surface area contributed by atoms with E-state index in [1.165, 1.54) is 37.1 Å². The van der Waals surface area contributed by atoms with E-state index in [1.54, 1.807) is 0 Å². The van der Waals surface area contributed by atoms with Crippen LogP contribution >= 0.6 is 0 Å². The number of piperidine rings is 1. The van der Waals surface area contributed by atoms with Crippen molar-refractivity contribution in [2.45, 2.75) is 51.6 Å². The lowest BCUT2D eigenvalue weighted by atomic mass is 9.76. The molecule has 1 aliphatic heterocycles. The molecule has 3 rings (SSSR count). The molecule has 1 aromatic carbocycles. The molecule has 0 bridgehead atoms. The third-order valence-corrected chi connectivity index (χ3v) is 5.73. The van der Waals surface area contributed by atoms with Gasteiger partial charge in [0.15, 0.2) is 0 Å². The summed E-state index contributed by atoms with van der Waals surface area (Å²) in [6, 6.07) is 9.48. The fraction of sp³-hybridized carbons (Fsp3) is 0.667. The quantitative estimate of drug-likeness (QED) is 0.847. The van der Waals surface area contributed by atoms with Gasteiger partial charge in [0, 0.05) is 18.6 Å². The van der Waals surface area contributed by atoms with Gasteiger partial charge in [-0.25, -0.2) is 0 Å². The highest BCUT2D eigenvalue weighted by atomic mass is 15.2. The predicted molar refractivity (Wildman–Crippen MR) is 84.7 cm³/mol. The van der Waals surface area contributed by atoms with Crippen molar-refractivity contribution in [3.63, 3.8) is 0 Å². The molecular formula is C18H28N2. The van der Waals surface area contributed by atoms with Crippen LogP contribution in [0.25, 0.3) is 0 Å². The maximum absolute atomic E-state index is 6.62. The summed E-state index contributed by atoms with van der Waals surface area (Å²) in [4.78, 5) is 2.67. The molecule has 0 spiro atoms. The van der Waals surface area contributed by atoms with E-state index in [0.717, 1.165) is 11.8 Å².